The summed E-state index contributed by atoms with van der Waals surface area (Å²) in [6, 6.07) is 0.413. The van der Waals surface area contributed by atoms with E-state index in [9.17, 15) is 8.42 Å². The molecule has 0 bridgehead atoms. The van der Waals surface area contributed by atoms with E-state index in [0.29, 0.717) is 11.8 Å². The number of unbranched alkanes of at least 4 members (excludes halogenated alkanes) is 1. The molecule has 1 aliphatic carbocycles. The molecule has 0 amide bonds. The quantitative estimate of drug-likeness (QED) is 0.759. The fourth-order valence-corrected chi connectivity index (χ4v) is 4.09. The topological polar surface area (TPSA) is 46.2 Å². The van der Waals surface area contributed by atoms with Gasteiger partial charge in [-0.15, -0.1) is 0 Å². The molecule has 1 N–H and O–H groups in total. The largest absolute Gasteiger partial charge is 0.317 e. The van der Waals surface area contributed by atoms with Crippen molar-refractivity contribution in [2.75, 3.05) is 12.8 Å². The van der Waals surface area contributed by atoms with E-state index >= 15 is 0 Å². The minimum Gasteiger partial charge on any atom is -0.317 e. The van der Waals surface area contributed by atoms with Gasteiger partial charge in [0.1, 0.15) is 0 Å². The van der Waals surface area contributed by atoms with Gasteiger partial charge in [-0.3, -0.25) is 0 Å². The summed E-state index contributed by atoms with van der Waals surface area (Å²) >= 11 is 0. The summed E-state index contributed by atoms with van der Waals surface area (Å²) in [6.07, 6.45) is 4.43. The Morgan fingerprint density at radius 1 is 1.36 bits per heavy atom. The summed E-state index contributed by atoms with van der Waals surface area (Å²) in [5.74, 6) is 0.380. The van der Waals surface area contributed by atoms with E-state index in [-0.39, 0.29) is 5.25 Å². The highest BCUT2D eigenvalue weighted by Crippen LogP contribution is 2.26. The van der Waals surface area contributed by atoms with Gasteiger partial charge in [0.05, 0.1) is 11.0 Å². The zero-order valence-electron chi connectivity index (χ0n) is 9.12. The second-order valence-electron chi connectivity index (χ2n) is 4.14. The fraction of sp³-hybridized carbons (Fsp3) is 1.00. The molecule has 1 saturated carbocycles. The van der Waals surface area contributed by atoms with Gasteiger partial charge in [0, 0.05) is 6.04 Å². The molecule has 0 heterocycles. The number of hydrogen-bond donors (Lipinski definition) is 1. The third-order valence-electron chi connectivity index (χ3n) is 3.08. The van der Waals surface area contributed by atoms with Gasteiger partial charge < -0.3 is 5.32 Å². The van der Waals surface area contributed by atoms with Gasteiger partial charge in [0.25, 0.3) is 0 Å². The van der Waals surface area contributed by atoms with Gasteiger partial charge in [-0.25, -0.2) is 8.42 Å². The molecular formula is C10H21NO2S. The molecule has 0 aromatic rings. The molecule has 1 fully saturated rings. The van der Waals surface area contributed by atoms with Crippen molar-refractivity contribution in [3.8, 4) is 0 Å². The first-order chi connectivity index (χ1) is 6.60. The lowest BCUT2D eigenvalue weighted by Gasteiger charge is -2.11. The van der Waals surface area contributed by atoms with Crippen LogP contribution < -0.4 is 5.32 Å². The second kappa shape index (κ2) is 5.12. The van der Waals surface area contributed by atoms with Crippen molar-refractivity contribution in [3.63, 3.8) is 0 Å². The zero-order chi connectivity index (χ0) is 10.6. The first kappa shape index (κ1) is 12.0. The smallest absolute Gasteiger partial charge is 0.153 e. The van der Waals surface area contributed by atoms with Crippen molar-refractivity contribution in [1.82, 2.24) is 5.32 Å². The van der Waals surface area contributed by atoms with E-state index in [0.717, 1.165) is 32.1 Å². The highest BCUT2D eigenvalue weighted by molar-refractivity contribution is 7.92. The van der Waals surface area contributed by atoms with Crippen LogP contribution in [0, 0.1) is 0 Å². The predicted octanol–water partition coefficient (Wildman–Crippen LogP) is 1.34. The van der Waals surface area contributed by atoms with Crippen LogP contribution in [-0.4, -0.2) is 32.5 Å². The van der Waals surface area contributed by atoms with Crippen LogP contribution in [0.1, 0.15) is 39.0 Å². The zero-order valence-corrected chi connectivity index (χ0v) is 9.94. The maximum absolute atomic E-state index is 11.8. The third kappa shape index (κ3) is 2.95. The minimum atomic E-state index is -2.81. The maximum Gasteiger partial charge on any atom is 0.153 e. The maximum atomic E-state index is 11.8. The van der Waals surface area contributed by atoms with Crippen molar-refractivity contribution in [3.05, 3.63) is 0 Å². The van der Waals surface area contributed by atoms with Gasteiger partial charge in [-0.05, 0) is 32.7 Å². The van der Waals surface area contributed by atoms with Crippen LogP contribution in [-0.2, 0) is 9.84 Å². The van der Waals surface area contributed by atoms with Gasteiger partial charge in [-0.1, -0.05) is 13.3 Å². The fourth-order valence-electron chi connectivity index (χ4n) is 2.04. The van der Waals surface area contributed by atoms with Crippen molar-refractivity contribution in [2.45, 2.75) is 50.3 Å². The predicted molar refractivity (Wildman–Crippen MR) is 59.2 cm³/mol. The second-order valence-corrected chi connectivity index (χ2v) is 6.54. The van der Waals surface area contributed by atoms with E-state index in [1.165, 1.54) is 0 Å². The summed E-state index contributed by atoms with van der Waals surface area (Å²) in [6.45, 7) is 2.03. The lowest BCUT2D eigenvalue weighted by atomic mass is 10.3. The molecule has 0 spiro atoms. The van der Waals surface area contributed by atoms with Crippen molar-refractivity contribution in [2.24, 2.45) is 0 Å². The first-order valence-corrected chi connectivity index (χ1v) is 7.20. The highest BCUT2D eigenvalue weighted by Gasteiger charge is 2.32. The Balaban J connectivity index is 2.49. The summed E-state index contributed by atoms with van der Waals surface area (Å²) in [5.41, 5.74) is 0. The number of rotatable bonds is 5. The monoisotopic (exact) mass is 219 g/mol. The van der Waals surface area contributed by atoms with E-state index in [4.69, 9.17) is 0 Å². The minimum absolute atomic E-state index is 0.0773. The molecule has 4 heteroatoms. The van der Waals surface area contributed by atoms with E-state index < -0.39 is 9.84 Å². The van der Waals surface area contributed by atoms with Crippen LogP contribution >= 0.6 is 0 Å². The molecule has 2 atom stereocenters. The Morgan fingerprint density at radius 3 is 2.57 bits per heavy atom. The molecule has 2 unspecified atom stereocenters. The molecule has 0 radical (unpaired) electrons. The summed E-state index contributed by atoms with van der Waals surface area (Å²) in [5, 5.41) is 3.08. The molecule has 0 aromatic heterocycles. The lowest BCUT2D eigenvalue weighted by molar-refractivity contribution is 0.562. The van der Waals surface area contributed by atoms with Crippen LogP contribution in [0.25, 0.3) is 0 Å². The van der Waals surface area contributed by atoms with E-state index in [2.05, 4.69) is 5.32 Å². The van der Waals surface area contributed by atoms with Crippen LogP contribution in [0.15, 0.2) is 0 Å². The van der Waals surface area contributed by atoms with Gasteiger partial charge in [0.2, 0.25) is 0 Å². The van der Waals surface area contributed by atoms with Crippen LogP contribution in [0.4, 0.5) is 0 Å². The number of hydrogen-bond acceptors (Lipinski definition) is 3. The summed E-state index contributed by atoms with van der Waals surface area (Å²) in [4.78, 5) is 0. The van der Waals surface area contributed by atoms with Crippen molar-refractivity contribution < 1.29 is 8.42 Å². The van der Waals surface area contributed by atoms with E-state index in [1.807, 2.05) is 14.0 Å². The normalized spacial score (nSPS) is 28.1. The van der Waals surface area contributed by atoms with Crippen molar-refractivity contribution in [1.29, 1.82) is 0 Å². The van der Waals surface area contributed by atoms with Crippen molar-refractivity contribution >= 4 is 9.84 Å². The average molecular weight is 219 g/mol. The molecule has 1 aliphatic rings. The molecule has 3 nitrogen and oxygen atoms in total. The Kier molecular flexibility index (Phi) is 4.38. The Hall–Kier alpha value is -0.0900. The van der Waals surface area contributed by atoms with Crippen LogP contribution in [0.5, 0.6) is 0 Å². The Bertz CT molecular complexity index is 261. The molecule has 84 valence electrons. The Labute approximate surface area is 87.2 Å². The average Bonchev–Trinajstić information content (AvgIpc) is 2.63. The Morgan fingerprint density at radius 2 is 2.07 bits per heavy atom. The SMILES string of the molecule is CCCCS(=O)(=O)C1CCC(NC)C1. The third-order valence-corrected chi connectivity index (χ3v) is 5.38. The summed E-state index contributed by atoms with van der Waals surface area (Å²) in [7, 11) is -0.897. The number of sulfone groups is 1. The standard InChI is InChI=1S/C10H21NO2S/c1-3-4-7-14(12,13)10-6-5-9(8-10)11-2/h9-11H,3-8H2,1-2H3. The highest BCUT2D eigenvalue weighted by atomic mass is 32.2. The van der Waals surface area contributed by atoms with Crippen LogP contribution in [0.2, 0.25) is 0 Å². The molecule has 1 rings (SSSR count). The van der Waals surface area contributed by atoms with Gasteiger partial charge in [-0.2, -0.15) is 0 Å². The lowest BCUT2D eigenvalue weighted by Crippen LogP contribution is -2.26. The number of nitrogens with one attached hydrogen (secondary N) is 1. The summed E-state index contributed by atoms with van der Waals surface area (Å²) < 4.78 is 23.7. The van der Waals surface area contributed by atoms with Gasteiger partial charge >= 0.3 is 0 Å². The molecule has 0 saturated heterocycles. The molecular weight excluding hydrogens is 198 g/mol. The molecule has 0 aromatic carbocycles. The first-order valence-electron chi connectivity index (χ1n) is 5.49. The van der Waals surface area contributed by atoms with Crippen LogP contribution in [0.3, 0.4) is 0 Å². The molecule has 14 heavy (non-hydrogen) atoms. The van der Waals surface area contributed by atoms with E-state index in [1.54, 1.807) is 0 Å². The molecule has 0 aliphatic heterocycles. The van der Waals surface area contributed by atoms with Gasteiger partial charge in [0.15, 0.2) is 9.84 Å².